The normalized spacial score (nSPS) is 15.9. The number of nitrogens with zero attached hydrogens (tertiary/aromatic N) is 7. The fourth-order valence-corrected chi connectivity index (χ4v) is 5.28. The highest BCUT2D eigenvalue weighted by molar-refractivity contribution is 6.14. The fourth-order valence-electron chi connectivity index (χ4n) is 5.28. The lowest BCUT2D eigenvalue weighted by Crippen LogP contribution is -2.43. The molecule has 11 heteroatoms. The van der Waals surface area contributed by atoms with Gasteiger partial charge in [0, 0.05) is 87.7 Å². The van der Waals surface area contributed by atoms with Crippen molar-refractivity contribution in [3.63, 3.8) is 0 Å². The van der Waals surface area contributed by atoms with Gasteiger partial charge < -0.3 is 20.3 Å². The number of nitrogens with one attached hydrogen (secondary N) is 2. The molecule has 0 radical (unpaired) electrons. The summed E-state index contributed by atoms with van der Waals surface area (Å²) >= 11 is 0. The van der Waals surface area contributed by atoms with Crippen LogP contribution in [0.15, 0.2) is 40.8 Å². The number of terminal acetylenes is 1. The number of carbonyl (C=O) groups excluding carboxylic acids is 1. The van der Waals surface area contributed by atoms with Crippen LogP contribution in [0.5, 0.6) is 5.75 Å². The van der Waals surface area contributed by atoms with E-state index in [0.717, 1.165) is 55.1 Å². The lowest BCUT2D eigenvalue weighted by Gasteiger charge is -2.30. The van der Waals surface area contributed by atoms with Crippen molar-refractivity contribution in [2.45, 2.75) is 38.8 Å². The third-order valence-corrected chi connectivity index (χ3v) is 7.70. The standard InChI is InChI=1S/C29H33N9O2/c1-5-6-9-29(34-35-29)10-15-40-25-16-21(17-38-20(3)19(2)31-27(25)38)32-28(39)22-7-8-24(37-13-11-30-12-14-37)23-18-36(4)33-26(22)23/h1,7-8,16-18,30H,6,9-15H2,2-4H3,(H,32,39). The smallest absolute Gasteiger partial charge is 0.257 e. The number of aryl methyl sites for hydroxylation is 3. The molecule has 0 spiro atoms. The van der Waals surface area contributed by atoms with Gasteiger partial charge in [0.2, 0.25) is 0 Å². The van der Waals surface area contributed by atoms with Gasteiger partial charge in [-0.3, -0.25) is 13.9 Å². The number of anilines is 2. The third kappa shape index (κ3) is 4.86. The van der Waals surface area contributed by atoms with E-state index in [-0.39, 0.29) is 5.91 Å². The van der Waals surface area contributed by atoms with E-state index in [0.29, 0.717) is 47.6 Å². The van der Waals surface area contributed by atoms with Crippen LogP contribution in [0.2, 0.25) is 0 Å². The van der Waals surface area contributed by atoms with Crippen LogP contribution in [-0.2, 0) is 7.05 Å². The fraction of sp³-hybridized carbons (Fsp3) is 0.414. The van der Waals surface area contributed by atoms with Gasteiger partial charge in [0.1, 0.15) is 5.52 Å². The number of ether oxygens (including phenoxy) is 1. The lowest BCUT2D eigenvalue weighted by molar-refractivity contribution is 0.102. The topological polar surface area (TPSA) is 113 Å². The van der Waals surface area contributed by atoms with Crippen LogP contribution in [0.4, 0.5) is 11.4 Å². The number of pyridine rings is 1. The molecule has 3 aromatic heterocycles. The number of carbonyl (C=O) groups is 1. The predicted octanol–water partition coefficient (Wildman–Crippen LogP) is 3.84. The summed E-state index contributed by atoms with van der Waals surface area (Å²) in [7, 11) is 1.88. The zero-order valence-electron chi connectivity index (χ0n) is 23.1. The summed E-state index contributed by atoms with van der Waals surface area (Å²) < 4.78 is 9.91. The highest BCUT2D eigenvalue weighted by Crippen LogP contribution is 2.37. The highest BCUT2D eigenvalue weighted by atomic mass is 16.5. The first kappa shape index (κ1) is 25.8. The molecule has 2 N–H and O–H groups in total. The molecule has 4 aromatic rings. The van der Waals surface area contributed by atoms with E-state index in [4.69, 9.17) is 16.1 Å². The molecule has 0 bridgehead atoms. The molecular formula is C29H33N9O2. The number of aromatic nitrogens is 4. The van der Waals surface area contributed by atoms with Crippen LogP contribution in [-0.4, -0.2) is 63.5 Å². The molecule has 1 fully saturated rings. The van der Waals surface area contributed by atoms with Gasteiger partial charge in [-0.25, -0.2) is 4.98 Å². The maximum atomic E-state index is 13.6. The third-order valence-electron chi connectivity index (χ3n) is 7.70. The molecule has 11 nitrogen and oxygen atoms in total. The second-order valence-electron chi connectivity index (χ2n) is 10.4. The minimum Gasteiger partial charge on any atom is -0.489 e. The Bertz CT molecular complexity index is 1660. The number of fused-ring (bicyclic) bond motifs is 2. The van der Waals surface area contributed by atoms with Gasteiger partial charge in [-0.2, -0.15) is 15.3 Å². The number of imidazole rings is 1. The number of rotatable bonds is 9. The van der Waals surface area contributed by atoms with Gasteiger partial charge in [-0.05, 0) is 26.0 Å². The number of piperazine rings is 1. The Hall–Kier alpha value is -4.43. The molecule has 206 valence electrons. The lowest BCUT2D eigenvalue weighted by atomic mass is 10.1. The number of amides is 1. The molecule has 0 aliphatic carbocycles. The Balaban J connectivity index is 1.27. The second-order valence-corrected chi connectivity index (χ2v) is 10.4. The molecule has 2 aliphatic heterocycles. The zero-order valence-corrected chi connectivity index (χ0v) is 23.1. The van der Waals surface area contributed by atoms with Gasteiger partial charge in [-0.1, -0.05) is 0 Å². The van der Waals surface area contributed by atoms with Crippen molar-refractivity contribution < 1.29 is 9.53 Å². The summed E-state index contributed by atoms with van der Waals surface area (Å²) in [5.41, 5.74) is 5.03. The maximum absolute atomic E-state index is 13.6. The van der Waals surface area contributed by atoms with E-state index in [1.165, 1.54) is 0 Å². The van der Waals surface area contributed by atoms with Crippen molar-refractivity contribution in [2.75, 3.05) is 43.0 Å². The average Bonchev–Trinajstić information content (AvgIpc) is 3.52. The SMILES string of the molecule is C#CCCC1(CCOc2cc(NC(=O)c3ccc(N4CCNCC4)c4cn(C)nc34)cn3c(C)c(C)nc23)N=N1. The molecule has 0 atom stereocenters. The molecule has 1 aromatic carbocycles. The molecule has 6 rings (SSSR count). The maximum Gasteiger partial charge on any atom is 0.257 e. The summed E-state index contributed by atoms with van der Waals surface area (Å²) in [6.45, 7) is 8.04. The molecular weight excluding hydrogens is 506 g/mol. The summed E-state index contributed by atoms with van der Waals surface area (Å²) in [6, 6.07) is 5.71. The van der Waals surface area contributed by atoms with Gasteiger partial charge >= 0.3 is 0 Å². The van der Waals surface area contributed by atoms with E-state index < -0.39 is 5.66 Å². The van der Waals surface area contributed by atoms with Crippen molar-refractivity contribution in [3.05, 3.63) is 47.5 Å². The zero-order chi connectivity index (χ0) is 27.9. The van der Waals surface area contributed by atoms with Crippen molar-refractivity contribution in [2.24, 2.45) is 17.3 Å². The summed E-state index contributed by atoms with van der Waals surface area (Å²) in [6.07, 6.45) is 11.2. The first-order chi connectivity index (χ1) is 19.4. The van der Waals surface area contributed by atoms with E-state index in [1.807, 2.05) is 55.9 Å². The van der Waals surface area contributed by atoms with Crippen molar-refractivity contribution in [1.82, 2.24) is 24.5 Å². The van der Waals surface area contributed by atoms with E-state index in [9.17, 15) is 4.79 Å². The summed E-state index contributed by atoms with van der Waals surface area (Å²) in [5.74, 6) is 3.00. The number of hydrogen-bond acceptors (Lipinski definition) is 8. The van der Waals surface area contributed by atoms with Crippen molar-refractivity contribution in [1.29, 1.82) is 0 Å². The molecule has 1 amide bonds. The minimum absolute atomic E-state index is 0.237. The van der Waals surface area contributed by atoms with E-state index >= 15 is 0 Å². The monoisotopic (exact) mass is 539 g/mol. The van der Waals surface area contributed by atoms with E-state index in [1.54, 1.807) is 4.68 Å². The Morgan fingerprint density at radius 2 is 2.00 bits per heavy atom. The molecule has 5 heterocycles. The minimum atomic E-state index is -0.430. The Morgan fingerprint density at radius 1 is 1.20 bits per heavy atom. The average molecular weight is 540 g/mol. The first-order valence-corrected chi connectivity index (χ1v) is 13.6. The quantitative estimate of drug-likeness (QED) is 0.313. The van der Waals surface area contributed by atoms with Crippen LogP contribution in [0.1, 0.15) is 41.0 Å². The highest BCUT2D eigenvalue weighted by Gasteiger charge is 2.39. The molecule has 0 unspecified atom stereocenters. The van der Waals surface area contributed by atoms with Crippen LogP contribution in [0.25, 0.3) is 16.6 Å². The predicted molar refractivity (Wildman–Crippen MR) is 154 cm³/mol. The van der Waals surface area contributed by atoms with Crippen LogP contribution >= 0.6 is 0 Å². The Morgan fingerprint density at radius 3 is 2.75 bits per heavy atom. The second kappa shape index (κ2) is 10.3. The van der Waals surface area contributed by atoms with Crippen molar-refractivity contribution in [3.8, 4) is 18.1 Å². The van der Waals surface area contributed by atoms with Gasteiger partial charge in [0.15, 0.2) is 17.1 Å². The molecule has 1 saturated heterocycles. The van der Waals surface area contributed by atoms with Crippen LogP contribution < -0.4 is 20.3 Å². The van der Waals surface area contributed by atoms with Gasteiger partial charge in [0.25, 0.3) is 5.91 Å². The summed E-state index contributed by atoms with van der Waals surface area (Å²) in [4.78, 5) is 20.7. The van der Waals surface area contributed by atoms with Crippen LogP contribution in [0.3, 0.4) is 0 Å². The number of benzene rings is 1. The van der Waals surface area contributed by atoms with Gasteiger partial charge in [0.05, 0.1) is 23.6 Å². The van der Waals surface area contributed by atoms with Crippen molar-refractivity contribution >= 4 is 33.8 Å². The van der Waals surface area contributed by atoms with E-state index in [2.05, 4.69) is 36.8 Å². The largest absolute Gasteiger partial charge is 0.489 e. The number of hydrogen-bond donors (Lipinski definition) is 2. The molecule has 0 saturated carbocycles. The Labute approximate surface area is 232 Å². The first-order valence-electron chi connectivity index (χ1n) is 13.6. The molecule has 40 heavy (non-hydrogen) atoms. The summed E-state index contributed by atoms with van der Waals surface area (Å²) in [5, 5.41) is 20.5. The van der Waals surface area contributed by atoms with Gasteiger partial charge in [-0.15, -0.1) is 12.3 Å². The Kier molecular flexibility index (Phi) is 6.64. The molecule has 2 aliphatic rings. The van der Waals surface area contributed by atoms with Crippen LogP contribution in [0, 0.1) is 26.2 Å².